The van der Waals surface area contributed by atoms with E-state index in [4.69, 9.17) is 9.47 Å². The van der Waals surface area contributed by atoms with Crippen LogP contribution in [0.2, 0.25) is 0 Å². The van der Waals surface area contributed by atoms with Crippen molar-refractivity contribution in [3.05, 3.63) is 59.7 Å². The molecule has 0 fully saturated rings. The fourth-order valence-corrected chi connectivity index (χ4v) is 5.23. The van der Waals surface area contributed by atoms with E-state index in [1.165, 1.54) is 82.6 Å². The second-order valence-corrected chi connectivity index (χ2v) is 13.8. The van der Waals surface area contributed by atoms with Gasteiger partial charge in [0.25, 0.3) is 0 Å². The Kier molecular flexibility index (Phi) is 18.4. The molecule has 1 amide bonds. The number of methoxy groups -OCH3 is 1. The minimum absolute atomic E-state index is 0.0460. The first kappa shape index (κ1) is 37.8. The van der Waals surface area contributed by atoms with E-state index < -0.39 is 5.60 Å². The molecular weight excluding hydrogens is 544 g/mol. The number of ether oxygens (including phenoxy) is 2. The van der Waals surface area contributed by atoms with Crippen LogP contribution in [0, 0.1) is 0 Å². The molecule has 0 saturated heterocycles. The molecule has 0 spiro atoms. The third-order valence-corrected chi connectivity index (χ3v) is 8.62. The van der Waals surface area contributed by atoms with Crippen molar-refractivity contribution in [1.82, 2.24) is 5.32 Å². The summed E-state index contributed by atoms with van der Waals surface area (Å²) in [6, 6.07) is 17.2. The molecule has 5 nitrogen and oxygen atoms in total. The minimum Gasteiger partial charge on any atom is -0.379 e. The van der Waals surface area contributed by atoms with Crippen LogP contribution in [0.25, 0.3) is 0 Å². The van der Waals surface area contributed by atoms with Crippen LogP contribution in [0.15, 0.2) is 48.5 Å². The van der Waals surface area contributed by atoms with Gasteiger partial charge in [0.2, 0.25) is 5.91 Å². The van der Waals surface area contributed by atoms with Gasteiger partial charge in [-0.3, -0.25) is 4.79 Å². The predicted octanol–water partition coefficient (Wildman–Crippen LogP) is 10.3. The van der Waals surface area contributed by atoms with E-state index in [1.54, 1.807) is 7.11 Å². The average Bonchev–Trinajstić information content (AvgIpc) is 3.01. The van der Waals surface area contributed by atoms with Crippen LogP contribution in [0.4, 0.5) is 11.4 Å². The van der Waals surface area contributed by atoms with Gasteiger partial charge in [0.1, 0.15) is 0 Å². The molecule has 0 saturated carbocycles. The summed E-state index contributed by atoms with van der Waals surface area (Å²) in [4.78, 5) is 12.5. The maximum Gasteiger partial charge on any atom is 0.220 e. The lowest BCUT2D eigenvalue weighted by Crippen LogP contribution is -2.41. The Hall–Kier alpha value is -2.37. The van der Waals surface area contributed by atoms with Crippen LogP contribution >= 0.6 is 0 Å². The van der Waals surface area contributed by atoms with Gasteiger partial charge in [0, 0.05) is 31.5 Å². The van der Waals surface area contributed by atoms with Gasteiger partial charge in [-0.2, -0.15) is 0 Å². The van der Waals surface area contributed by atoms with E-state index in [1.807, 2.05) is 27.7 Å². The van der Waals surface area contributed by atoms with E-state index in [0.717, 1.165) is 29.8 Å². The molecule has 2 N–H and O–H groups in total. The van der Waals surface area contributed by atoms with E-state index in [0.29, 0.717) is 26.0 Å². The molecule has 0 atom stereocenters. The summed E-state index contributed by atoms with van der Waals surface area (Å²) in [5.41, 5.74) is 4.11. The molecule has 2 aromatic rings. The van der Waals surface area contributed by atoms with Crippen molar-refractivity contribution in [2.45, 2.75) is 149 Å². The summed E-state index contributed by atoms with van der Waals surface area (Å²) in [6.07, 6.45) is 19.8. The van der Waals surface area contributed by atoms with Crippen LogP contribution in [0.5, 0.6) is 0 Å². The molecule has 2 aromatic carbocycles. The lowest BCUT2D eigenvalue weighted by atomic mass is 10.0. The average molecular weight is 609 g/mol. The number of nitrogens with one attached hydrogen (secondary N) is 2. The first-order valence-corrected chi connectivity index (χ1v) is 17.5. The number of hydrogen-bond acceptors (Lipinski definition) is 4. The lowest BCUT2D eigenvalue weighted by molar-refractivity contribution is -0.123. The van der Waals surface area contributed by atoms with Gasteiger partial charge in [-0.25, -0.2) is 0 Å². The van der Waals surface area contributed by atoms with Crippen molar-refractivity contribution < 1.29 is 14.3 Å². The first-order valence-electron chi connectivity index (χ1n) is 17.5. The summed E-state index contributed by atoms with van der Waals surface area (Å²) in [5, 5.41) is 6.53. The normalized spacial score (nSPS) is 12.0. The molecule has 0 bridgehead atoms. The van der Waals surface area contributed by atoms with Crippen LogP contribution in [0.3, 0.4) is 0 Å². The highest BCUT2D eigenvalue weighted by atomic mass is 16.5. The number of anilines is 2. The number of amides is 1. The maximum absolute atomic E-state index is 12.5. The number of aryl methyl sites for hydroxylation is 2. The fraction of sp³-hybridized carbons (Fsp3) is 0.667. The molecular formula is C39H64N2O3. The van der Waals surface area contributed by atoms with Gasteiger partial charge in [-0.15, -0.1) is 0 Å². The SMILES string of the molecule is CCCCCCCCCCCCCCc1ccc(Nc2ccc(CCC(=O)NCC(C)(C)OCCC(C)(C)OC)cc2)cc1. The Labute approximate surface area is 270 Å². The summed E-state index contributed by atoms with van der Waals surface area (Å²) in [5.74, 6) is 0.0460. The van der Waals surface area contributed by atoms with Crippen molar-refractivity contribution in [2.75, 3.05) is 25.6 Å². The molecule has 0 radical (unpaired) electrons. The molecule has 0 heterocycles. The van der Waals surface area contributed by atoms with Crippen LogP contribution in [0.1, 0.15) is 136 Å². The maximum atomic E-state index is 12.5. The largest absolute Gasteiger partial charge is 0.379 e. The van der Waals surface area contributed by atoms with Gasteiger partial charge in [0.05, 0.1) is 17.8 Å². The van der Waals surface area contributed by atoms with E-state index >= 15 is 0 Å². The first-order chi connectivity index (χ1) is 21.1. The number of carbonyl (C=O) groups is 1. The topological polar surface area (TPSA) is 59.6 Å². The summed E-state index contributed by atoms with van der Waals surface area (Å²) in [7, 11) is 1.72. The Bertz CT molecular complexity index is 1010. The van der Waals surface area contributed by atoms with Gasteiger partial charge in [-0.1, -0.05) is 102 Å². The predicted molar refractivity (Wildman–Crippen MR) is 188 cm³/mol. The number of unbranched alkanes of at least 4 members (excludes halogenated alkanes) is 11. The molecule has 0 aliphatic rings. The van der Waals surface area contributed by atoms with E-state index in [-0.39, 0.29) is 11.5 Å². The van der Waals surface area contributed by atoms with E-state index in [2.05, 4.69) is 66.1 Å². The zero-order valence-electron chi connectivity index (χ0n) is 29.1. The zero-order valence-corrected chi connectivity index (χ0v) is 29.1. The summed E-state index contributed by atoms with van der Waals surface area (Å²) < 4.78 is 11.4. The van der Waals surface area contributed by atoms with Crippen molar-refractivity contribution in [3.63, 3.8) is 0 Å². The van der Waals surface area contributed by atoms with Crippen LogP contribution in [-0.4, -0.2) is 37.4 Å². The summed E-state index contributed by atoms with van der Waals surface area (Å²) in [6.45, 7) is 11.5. The van der Waals surface area contributed by atoms with Crippen molar-refractivity contribution in [2.24, 2.45) is 0 Å². The molecule has 248 valence electrons. The van der Waals surface area contributed by atoms with Gasteiger partial charge >= 0.3 is 0 Å². The highest BCUT2D eigenvalue weighted by Gasteiger charge is 2.22. The van der Waals surface area contributed by atoms with Crippen molar-refractivity contribution in [3.8, 4) is 0 Å². The molecule has 0 unspecified atom stereocenters. The van der Waals surface area contributed by atoms with Crippen LogP contribution in [-0.2, 0) is 27.1 Å². The Morgan fingerprint density at radius 1 is 0.659 bits per heavy atom. The monoisotopic (exact) mass is 608 g/mol. The van der Waals surface area contributed by atoms with Crippen molar-refractivity contribution in [1.29, 1.82) is 0 Å². The third kappa shape index (κ3) is 17.8. The van der Waals surface area contributed by atoms with Crippen molar-refractivity contribution >= 4 is 17.3 Å². The number of rotatable bonds is 25. The fourth-order valence-electron chi connectivity index (χ4n) is 5.23. The standard InChI is InChI=1S/C39H64N2O3/c1-7-8-9-10-11-12-13-14-15-16-17-18-19-33-20-25-35(26-21-33)41-36-27-22-34(23-28-36)24-29-37(42)40-32-39(4,5)44-31-30-38(2,3)43-6/h20-23,25-28,41H,7-19,24,29-32H2,1-6H3,(H,40,42). The Morgan fingerprint density at radius 3 is 1.64 bits per heavy atom. The highest BCUT2D eigenvalue weighted by Crippen LogP contribution is 2.20. The Balaban J connectivity index is 1.58. The zero-order chi connectivity index (χ0) is 32.1. The van der Waals surface area contributed by atoms with E-state index in [9.17, 15) is 4.79 Å². The van der Waals surface area contributed by atoms with Gasteiger partial charge in [0.15, 0.2) is 0 Å². The van der Waals surface area contributed by atoms with Gasteiger partial charge in [-0.05, 0) is 88.8 Å². The molecule has 0 aromatic heterocycles. The number of hydrogen-bond donors (Lipinski definition) is 2. The van der Waals surface area contributed by atoms with Gasteiger partial charge < -0.3 is 20.1 Å². The second kappa shape index (κ2) is 21.4. The number of benzene rings is 2. The highest BCUT2D eigenvalue weighted by molar-refractivity contribution is 5.76. The Morgan fingerprint density at radius 2 is 1.14 bits per heavy atom. The smallest absolute Gasteiger partial charge is 0.220 e. The molecule has 44 heavy (non-hydrogen) atoms. The second-order valence-electron chi connectivity index (χ2n) is 13.8. The summed E-state index contributed by atoms with van der Waals surface area (Å²) >= 11 is 0. The molecule has 0 aliphatic carbocycles. The number of carbonyl (C=O) groups excluding carboxylic acids is 1. The van der Waals surface area contributed by atoms with Crippen LogP contribution < -0.4 is 10.6 Å². The lowest BCUT2D eigenvalue weighted by Gasteiger charge is -2.29. The third-order valence-electron chi connectivity index (χ3n) is 8.62. The quantitative estimate of drug-likeness (QED) is 0.110. The molecule has 5 heteroatoms. The minimum atomic E-state index is -0.419. The molecule has 0 aliphatic heterocycles. The molecule has 2 rings (SSSR count).